The highest BCUT2D eigenvalue weighted by atomic mass is 19.3. The number of hydrogen-bond donors (Lipinski definition) is 0. The van der Waals surface area contributed by atoms with Crippen LogP contribution in [0.3, 0.4) is 0 Å². The zero-order valence-corrected chi connectivity index (χ0v) is 8.79. The van der Waals surface area contributed by atoms with Crippen molar-refractivity contribution >= 4 is 5.78 Å². The molecule has 0 spiro atoms. The number of hydrogen-bond acceptors (Lipinski definition) is 2. The normalized spacial score (nSPS) is 33.1. The monoisotopic (exact) mass is 217 g/mol. The van der Waals surface area contributed by atoms with E-state index in [-0.39, 0.29) is 18.5 Å². The summed E-state index contributed by atoms with van der Waals surface area (Å²) in [5, 5.41) is 0. The van der Waals surface area contributed by atoms with Gasteiger partial charge >= 0.3 is 0 Å². The lowest BCUT2D eigenvalue weighted by Crippen LogP contribution is -2.39. The predicted octanol–water partition coefficient (Wildman–Crippen LogP) is 2.09. The van der Waals surface area contributed by atoms with Crippen LogP contribution in [0.5, 0.6) is 0 Å². The molecule has 1 saturated carbocycles. The number of Topliss-reactive ketones (excluding diaryl/α,β-unsaturated/α-hetero) is 1. The molecular formula is C11H17F2NO. The van der Waals surface area contributed by atoms with Gasteiger partial charge in [0.05, 0.1) is 6.54 Å². The van der Waals surface area contributed by atoms with Crippen LogP contribution in [0.2, 0.25) is 0 Å². The Morgan fingerprint density at radius 1 is 1.33 bits per heavy atom. The highest BCUT2D eigenvalue weighted by Gasteiger charge is 2.38. The van der Waals surface area contributed by atoms with E-state index in [0.717, 1.165) is 32.2 Å². The van der Waals surface area contributed by atoms with Crippen LogP contribution in [0.15, 0.2) is 0 Å². The van der Waals surface area contributed by atoms with E-state index in [1.54, 1.807) is 0 Å². The zero-order valence-electron chi connectivity index (χ0n) is 8.79. The number of carbonyl (C=O) groups excluding carboxylic acids is 1. The molecule has 2 atom stereocenters. The summed E-state index contributed by atoms with van der Waals surface area (Å²) in [6.45, 7) is 0.577. The topological polar surface area (TPSA) is 20.3 Å². The first-order valence-corrected chi connectivity index (χ1v) is 5.73. The molecule has 0 bridgehead atoms. The highest BCUT2D eigenvalue weighted by Crippen LogP contribution is 2.33. The first-order valence-electron chi connectivity index (χ1n) is 5.73. The molecule has 1 heterocycles. The molecule has 2 fully saturated rings. The molecule has 0 radical (unpaired) electrons. The smallest absolute Gasteiger partial charge is 0.251 e. The van der Waals surface area contributed by atoms with Gasteiger partial charge < -0.3 is 0 Å². The van der Waals surface area contributed by atoms with Crippen molar-refractivity contribution < 1.29 is 13.6 Å². The van der Waals surface area contributed by atoms with Crippen LogP contribution in [0.25, 0.3) is 0 Å². The maximum atomic E-state index is 12.3. The first-order chi connectivity index (χ1) is 7.18. The van der Waals surface area contributed by atoms with Gasteiger partial charge in [0.15, 0.2) is 0 Å². The third-order valence-electron chi connectivity index (χ3n) is 3.60. The minimum absolute atomic E-state index is 0.0475. The Morgan fingerprint density at radius 3 is 2.73 bits per heavy atom. The van der Waals surface area contributed by atoms with Crippen LogP contribution in [-0.4, -0.2) is 36.2 Å². The molecule has 4 heteroatoms. The molecule has 2 aliphatic rings. The molecule has 1 aliphatic carbocycles. The molecule has 2 nitrogen and oxygen atoms in total. The van der Waals surface area contributed by atoms with Crippen LogP contribution in [0, 0.1) is 5.92 Å². The average molecular weight is 217 g/mol. The summed E-state index contributed by atoms with van der Waals surface area (Å²) in [6, 6.07) is 0.106. The maximum Gasteiger partial charge on any atom is 0.251 e. The van der Waals surface area contributed by atoms with Crippen molar-refractivity contribution in [2.45, 2.75) is 44.6 Å². The van der Waals surface area contributed by atoms with E-state index < -0.39 is 6.43 Å². The van der Waals surface area contributed by atoms with Gasteiger partial charge in [-0.15, -0.1) is 0 Å². The van der Waals surface area contributed by atoms with E-state index in [9.17, 15) is 13.6 Å². The fourth-order valence-corrected chi connectivity index (χ4v) is 2.96. The molecule has 0 N–H and O–H groups in total. The lowest BCUT2D eigenvalue weighted by Gasteiger charge is -2.27. The van der Waals surface area contributed by atoms with E-state index in [1.807, 2.05) is 4.90 Å². The Labute approximate surface area is 88.6 Å². The average Bonchev–Trinajstić information content (AvgIpc) is 2.73. The van der Waals surface area contributed by atoms with Gasteiger partial charge in [-0.05, 0) is 32.2 Å². The van der Waals surface area contributed by atoms with Crippen LogP contribution in [0.1, 0.15) is 32.1 Å². The summed E-state index contributed by atoms with van der Waals surface area (Å²) >= 11 is 0. The summed E-state index contributed by atoms with van der Waals surface area (Å²) in [4.78, 5) is 13.4. The molecule has 86 valence electrons. The van der Waals surface area contributed by atoms with Crippen molar-refractivity contribution in [1.82, 2.24) is 4.90 Å². The van der Waals surface area contributed by atoms with Gasteiger partial charge in [0.1, 0.15) is 5.78 Å². The molecule has 0 aromatic rings. The van der Waals surface area contributed by atoms with Crippen molar-refractivity contribution in [3.63, 3.8) is 0 Å². The van der Waals surface area contributed by atoms with Crippen molar-refractivity contribution in [3.8, 4) is 0 Å². The SMILES string of the molecule is O=C1CCCC1C1CCCN1CC(F)F. The molecule has 1 saturated heterocycles. The fourth-order valence-electron chi connectivity index (χ4n) is 2.96. The lowest BCUT2D eigenvalue weighted by atomic mass is 9.95. The Hall–Kier alpha value is -0.510. The Bertz CT molecular complexity index is 245. The van der Waals surface area contributed by atoms with Gasteiger partial charge in [-0.3, -0.25) is 9.69 Å². The van der Waals surface area contributed by atoms with Gasteiger partial charge in [0.25, 0.3) is 6.43 Å². The second-order valence-corrected chi connectivity index (χ2v) is 4.56. The quantitative estimate of drug-likeness (QED) is 0.721. The summed E-state index contributed by atoms with van der Waals surface area (Å²) in [5.41, 5.74) is 0. The molecule has 0 amide bonds. The van der Waals surface area contributed by atoms with Crippen LogP contribution in [-0.2, 0) is 4.79 Å². The third-order valence-corrected chi connectivity index (χ3v) is 3.60. The summed E-state index contributed by atoms with van der Waals surface area (Å²) in [5.74, 6) is 0.340. The van der Waals surface area contributed by atoms with Crippen LogP contribution in [0.4, 0.5) is 8.78 Å². The minimum Gasteiger partial charge on any atom is -0.299 e. The number of halogens is 2. The number of likely N-dealkylation sites (tertiary alicyclic amines) is 1. The zero-order chi connectivity index (χ0) is 10.8. The van der Waals surface area contributed by atoms with E-state index in [2.05, 4.69) is 0 Å². The van der Waals surface area contributed by atoms with Crippen LogP contribution < -0.4 is 0 Å². The standard InChI is InChI=1S/C11H17F2NO/c12-11(13)7-14-6-2-4-9(14)8-3-1-5-10(8)15/h8-9,11H,1-7H2. The van der Waals surface area contributed by atoms with Crippen molar-refractivity contribution in [2.75, 3.05) is 13.1 Å². The number of ketones is 1. The van der Waals surface area contributed by atoms with E-state index >= 15 is 0 Å². The molecule has 1 aliphatic heterocycles. The largest absolute Gasteiger partial charge is 0.299 e. The van der Waals surface area contributed by atoms with E-state index in [1.165, 1.54) is 0 Å². The lowest BCUT2D eigenvalue weighted by molar-refractivity contribution is -0.122. The van der Waals surface area contributed by atoms with Gasteiger partial charge in [0, 0.05) is 18.4 Å². The predicted molar refractivity (Wildman–Crippen MR) is 52.9 cm³/mol. The molecule has 2 rings (SSSR count). The van der Waals surface area contributed by atoms with Crippen molar-refractivity contribution in [2.24, 2.45) is 5.92 Å². The highest BCUT2D eigenvalue weighted by molar-refractivity contribution is 5.83. The summed E-state index contributed by atoms with van der Waals surface area (Å²) in [6.07, 6.45) is 2.11. The maximum absolute atomic E-state index is 12.3. The van der Waals surface area contributed by atoms with Gasteiger partial charge in [0.2, 0.25) is 0 Å². The van der Waals surface area contributed by atoms with Crippen LogP contribution >= 0.6 is 0 Å². The van der Waals surface area contributed by atoms with E-state index in [4.69, 9.17) is 0 Å². The fraction of sp³-hybridized carbons (Fsp3) is 0.909. The first kappa shape index (κ1) is 11.0. The van der Waals surface area contributed by atoms with Crippen molar-refractivity contribution in [1.29, 1.82) is 0 Å². The minimum atomic E-state index is -2.28. The molecular weight excluding hydrogens is 200 g/mol. The molecule has 0 aromatic carbocycles. The molecule has 0 aromatic heterocycles. The Balaban J connectivity index is 1.97. The number of alkyl halides is 2. The second-order valence-electron chi connectivity index (χ2n) is 4.56. The number of rotatable bonds is 3. The second kappa shape index (κ2) is 4.56. The number of carbonyl (C=O) groups is 1. The summed E-state index contributed by atoms with van der Waals surface area (Å²) < 4.78 is 24.6. The van der Waals surface area contributed by atoms with Crippen molar-refractivity contribution in [3.05, 3.63) is 0 Å². The van der Waals surface area contributed by atoms with Gasteiger partial charge in [-0.2, -0.15) is 0 Å². The number of nitrogens with zero attached hydrogens (tertiary/aromatic N) is 1. The van der Waals surface area contributed by atoms with Gasteiger partial charge in [-0.1, -0.05) is 0 Å². The summed E-state index contributed by atoms with van der Waals surface area (Å²) in [7, 11) is 0. The van der Waals surface area contributed by atoms with E-state index in [0.29, 0.717) is 12.2 Å². The van der Waals surface area contributed by atoms with Gasteiger partial charge in [-0.25, -0.2) is 8.78 Å². The molecule has 15 heavy (non-hydrogen) atoms. The third kappa shape index (κ3) is 2.36. The molecule has 2 unspecified atom stereocenters. The Kier molecular flexibility index (Phi) is 3.34. The Morgan fingerprint density at radius 2 is 2.13 bits per heavy atom.